The summed E-state index contributed by atoms with van der Waals surface area (Å²) in [6, 6.07) is 3.89. The fraction of sp³-hybridized carbons (Fsp3) is 0.300. The monoisotopic (exact) mass is 257 g/mol. The summed E-state index contributed by atoms with van der Waals surface area (Å²) in [5, 5.41) is 0. The number of hydrogen-bond acceptors (Lipinski definition) is 4. The third kappa shape index (κ3) is 2.56. The number of benzene rings is 1. The molecule has 94 valence electrons. The van der Waals surface area contributed by atoms with E-state index in [-0.39, 0.29) is 16.1 Å². The topological polar surface area (TPSA) is 106 Å². The van der Waals surface area contributed by atoms with E-state index in [2.05, 4.69) is 0 Å². The Morgan fingerprint density at radius 2 is 2.00 bits per heavy atom. The van der Waals surface area contributed by atoms with E-state index >= 15 is 0 Å². The van der Waals surface area contributed by atoms with Gasteiger partial charge in [-0.15, -0.1) is 0 Å². The molecule has 0 unspecified atom stereocenters. The summed E-state index contributed by atoms with van der Waals surface area (Å²) in [6.45, 7) is 2.05. The standard InChI is InChI=1S/C10H15N3O3S/c1-3-13(2)17(15,16)9-5-4-7(10(12)14)6-8(9)11/h4-6H,3,11H2,1-2H3,(H2,12,14). The number of nitrogens with zero attached hydrogens (tertiary/aromatic N) is 1. The van der Waals surface area contributed by atoms with Crippen molar-refractivity contribution in [1.29, 1.82) is 0 Å². The van der Waals surface area contributed by atoms with Crippen LogP contribution in [0, 0.1) is 0 Å². The number of amides is 1. The summed E-state index contributed by atoms with van der Waals surface area (Å²) < 4.78 is 25.2. The summed E-state index contributed by atoms with van der Waals surface area (Å²) in [5.74, 6) is -0.649. The van der Waals surface area contributed by atoms with Crippen LogP contribution in [0.15, 0.2) is 23.1 Å². The van der Waals surface area contributed by atoms with Crippen LogP contribution in [0.2, 0.25) is 0 Å². The van der Waals surface area contributed by atoms with Gasteiger partial charge in [0.25, 0.3) is 0 Å². The van der Waals surface area contributed by atoms with Crippen LogP contribution in [-0.2, 0) is 10.0 Å². The van der Waals surface area contributed by atoms with E-state index < -0.39 is 15.9 Å². The summed E-state index contributed by atoms with van der Waals surface area (Å²) in [7, 11) is -2.15. The fourth-order valence-corrected chi connectivity index (χ4v) is 2.55. The van der Waals surface area contributed by atoms with Crippen molar-refractivity contribution >= 4 is 21.6 Å². The molecule has 6 nitrogen and oxygen atoms in total. The molecule has 0 aromatic heterocycles. The molecule has 0 atom stereocenters. The highest BCUT2D eigenvalue weighted by molar-refractivity contribution is 7.89. The van der Waals surface area contributed by atoms with Crippen LogP contribution in [0.1, 0.15) is 17.3 Å². The van der Waals surface area contributed by atoms with E-state index in [0.29, 0.717) is 6.54 Å². The summed E-state index contributed by atoms with van der Waals surface area (Å²) in [4.78, 5) is 10.9. The average molecular weight is 257 g/mol. The SMILES string of the molecule is CCN(C)S(=O)(=O)c1ccc(C(N)=O)cc1N. The highest BCUT2D eigenvalue weighted by Crippen LogP contribution is 2.22. The predicted molar refractivity (Wildman–Crippen MR) is 64.9 cm³/mol. The van der Waals surface area contributed by atoms with Crippen LogP contribution >= 0.6 is 0 Å². The maximum Gasteiger partial charge on any atom is 0.248 e. The predicted octanol–water partition coefficient (Wildman–Crippen LogP) is 0.00810. The molecule has 0 fully saturated rings. The van der Waals surface area contributed by atoms with Crippen LogP contribution < -0.4 is 11.5 Å². The fourth-order valence-electron chi connectivity index (χ4n) is 1.27. The first-order valence-electron chi connectivity index (χ1n) is 4.96. The Hall–Kier alpha value is -1.60. The Morgan fingerprint density at radius 1 is 1.41 bits per heavy atom. The van der Waals surface area contributed by atoms with E-state index in [4.69, 9.17) is 11.5 Å². The van der Waals surface area contributed by atoms with E-state index in [1.54, 1.807) is 6.92 Å². The van der Waals surface area contributed by atoms with Crippen molar-refractivity contribution < 1.29 is 13.2 Å². The molecule has 0 heterocycles. The van der Waals surface area contributed by atoms with Crippen LogP contribution in [0.25, 0.3) is 0 Å². The summed E-state index contributed by atoms with van der Waals surface area (Å²) in [5.41, 5.74) is 10.9. The average Bonchev–Trinajstić information content (AvgIpc) is 2.27. The molecular weight excluding hydrogens is 242 g/mol. The molecule has 1 rings (SSSR count). The minimum atomic E-state index is -3.61. The van der Waals surface area contributed by atoms with Gasteiger partial charge in [0.2, 0.25) is 15.9 Å². The minimum Gasteiger partial charge on any atom is -0.398 e. The zero-order chi connectivity index (χ0) is 13.2. The lowest BCUT2D eigenvalue weighted by molar-refractivity contribution is 0.1000. The lowest BCUT2D eigenvalue weighted by Gasteiger charge is -2.16. The van der Waals surface area contributed by atoms with Crippen LogP contribution in [0.3, 0.4) is 0 Å². The van der Waals surface area contributed by atoms with Crippen LogP contribution in [-0.4, -0.2) is 32.2 Å². The van der Waals surface area contributed by atoms with Gasteiger partial charge in [-0.05, 0) is 18.2 Å². The molecule has 7 heteroatoms. The van der Waals surface area contributed by atoms with Crippen molar-refractivity contribution in [3.63, 3.8) is 0 Å². The normalized spacial score (nSPS) is 11.7. The van der Waals surface area contributed by atoms with Crippen LogP contribution in [0.5, 0.6) is 0 Å². The van der Waals surface area contributed by atoms with Gasteiger partial charge in [0.15, 0.2) is 0 Å². The molecule has 0 aliphatic carbocycles. The maximum atomic E-state index is 12.0. The van der Waals surface area contributed by atoms with Crippen molar-refractivity contribution in [3.05, 3.63) is 23.8 Å². The number of carbonyl (C=O) groups is 1. The van der Waals surface area contributed by atoms with Crippen molar-refractivity contribution in [2.24, 2.45) is 5.73 Å². The molecule has 0 radical (unpaired) electrons. The lowest BCUT2D eigenvalue weighted by atomic mass is 10.2. The molecular formula is C10H15N3O3S. The second-order valence-electron chi connectivity index (χ2n) is 3.54. The zero-order valence-corrected chi connectivity index (χ0v) is 10.5. The molecule has 17 heavy (non-hydrogen) atoms. The summed E-state index contributed by atoms with van der Waals surface area (Å²) in [6.07, 6.45) is 0. The molecule has 0 aliphatic heterocycles. The minimum absolute atomic E-state index is 0.0154. The first kappa shape index (κ1) is 13.5. The number of nitrogens with two attached hydrogens (primary N) is 2. The van der Waals surface area contributed by atoms with Gasteiger partial charge in [-0.1, -0.05) is 6.92 Å². The van der Waals surface area contributed by atoms with Gasteiger partial charge in [0.1, 0.15) is 4.90 Å². The number of anilines is 1. The Balaban J connectivity index is 3.31. The van der Waals surface area contributed by atoms with E-state index in [1.165, 1.54) is 29.6 Å². The largest absolute Gasteiger partial charge is 0.398 e. The molecule has 0 aliphatic rings. The molecule has 0 saturated carbocycles. The highest BCUT2D eigenvalue weighted by atomic mass is 32.2. The number of sulfonamides is 1. The molecule has 4 N–H and O–H groups in total. The second-order valence-corrected chi connectivity index (χ2v) is 5.55. The molecule has 1 aromatic rings. The number of primary amides is 1. The Bertz CT molecular complexity index is 540. The molecule has 1 amide bonds. The number of carbonyl (C=O) groups excluding carboxylic acids is 1. The van der Waals surface area contributed by atoms with Gasteiger partial charge in [-0.3, -0.25) is 4.79 Å². The van der Waals surface area contributed by atoms with Crippen molar-refractivity contribution in [2.75, 3.05) is 19.3 Å². The highest BCUT2D eigenvalue weighted by Gasteiger charge is 2.22. The maximum absolute atomic E-state index is 12.0. The number of hydrogen-bond donors (Lipinski definition) is 2. The third-order valence-electron chi connectivity index (χ3n) is 2.43. The van der Waals surface area contributed by atoms with Gasteiger partial charge in [0, 0.05) is 19.2 Å². The lowest BCUT2D eigenvalue weighted by Crippen LogP contribution is -2.27. The Labute approximate surface area is 100 Å². The van der Waals surface area contributed by atoms with Gasteiger partial charge in [0.05, 0.1) is 5.69 Å². The Morgan fingerprint density at radius 3 is 2.41 bits per heavy atom. The summed E-state index contributed by atoms with van der Waals surface area (Å²) >= 11 is 0. The second kappa shape index (κ2) is 4.72. The van der Waals surface area contributed by atoms with Crippen LogP contribution in [0.4, 0.5) is 5.69 Å². The zero-order valence-electron chi connectivity index (χ0n) is 9.67. The van der Waals surface area contributed by atoms with E-state index in [9.17, 15) is 13.2 Å². The van der Waals surface area contributed by atoms with Crippen molar-refractivity contribution in [2.45, 2.75) is 11.8 Å². The first-order valence-corrected chi connectivity index (χ1v) is 6.40. The van der Waals surface area contributed by atoms with Crippen molar-refractivity contribution in [3.8, 4) is 0 Å². The molecule has 0 spiro atoms. The van der Waals surface area contributed by atoms with E-state index in [1.807, 2.05) is 0 Å². The molecule has 0 saturated heterocycles. The van der Waals surface area contributed by atoms with Gasteiger partial charge in [-0.25, -0.2) is 12.7 Å². The quantitative estimate of drug-likeness (QED) is 0.741. The number of rotatable bonds is 4. The smallest absolute Gasteiger partial charge is 0.248 e. The van der Waals surface area contributed by atoms with Gasteiger partial charge < -0.3 is 11.5 Å². The Kier molecular flexibility index (Phi) is 3.74. The van der Waals surface area contributed by atoms with Crippen molar-refractivity contribution in [1.82, 2.24) is 4.31 Å². The van der Waals surface area contributed by atoms with Gasteiger partial charge in [-0.2, -0.15) is 0 Å². The van der Waals surface area contributed by atoms with E-state index in [0.717, 1.165) is 0 Å². The molecule has 0 bridgehead atoms. The van der Waals surface area contributed by atoms with Gasteiger partial charge >= 0.3 is 0 Å². The third-order valence-corrected chi connectivity index (χ3v) is 4.43. The molecule has 1 aromatic carbocycles. The number of nitrogen functional groups attached to an aromatic ring is 1. The first-order chi connectivity index (χ1) is 7.80.